The first-order valence-corrected chi connectivity index (χ1v) is 7.14. The Hall–Kier alpha value is -1.90. The Morgan fingerprint density at radius 1 is 1.15 bits per heavy atom. The van der Waals surface area contributed by atoms with Crippen LogP contribution in [0.5, 0.6) is 0 Å². The van der Waals surface area contributed by atoms with E-state index in [9.17, 15) is 9.59 Å². The van der Waals surface area contributed by atoms with Gasteiger partial charge in [-0.25, -0.2) is 0 Å². The van der Waals surface area contributed by atoms with Crippen molar-refractivity contribution in [1.29, 1.82) is 0 Å². The Kier molecular flexibility index (Phi) is 4.72. The lowest BCUT2D eigenvalue weighted by atomic mass is 9.98. The van der Waals surface area contributed by atoms with Crippen molar-refractivity contribution < 1.29 is 14.7 Å². The summed E-state index contributed by atoms with van der Waals surface area (Å²) in [4.78, 5) is 22.9. The first kappa shape index (κ1) is 14.5. The largest absolute Gasteiger partial charge is 0.481 e. The topological polar surface area (TPSA) is 54.4 Å². The fraction of sp³-hybridized carbons (Fsp3) is 0.412. The average molecular weight is 272 g/mol. The lowest BCUT2D eigenvalue weighted by molar-refractivity contribution is -0.138. The van der Waals surface area contributed by atoms with Crippen LogP contribution in [0.3, 0.4) is 0 Å². The predicted octanol–water partition coefficient (Wildman–Crippen LogP) is 3.79. The van der Waals surface area contributed by atoms with E-state index in [4.69, 9.17) is 5.11 Å². The monoisotopic (exact) mass is 272 g/mol. The van der Waals surface area contributed by atoms with Crippen molar-refractivity contribution in [3.8, 4) is 0 Å². The summed E-state index contributed by atoms with van der Waals surface area (Å²) in [5.74, 6) is -1.07. The quantitative estimate of drug-likeness (QED) is 0.672. The molecule has 20 heavy (non-hydrogen) atoms. The molecule has 0 radical (unpaired) electrons. The summed E-state index contributed by atoms with van der Waals surface area (Å²) >= 11 is 0. The molecule has 1 saturated carbocycles. The molecule has 0 heterocycles. The summed E-state index contributed by atoms with van der Waals surface area (Å²) in [5.41, 5.74) is 2.66. The number of Topliss-reactive ketones (excluding diaryl/α,β-unsaturated/α-hetero) is 1. The number of carboxylic acids is 1. The van der Waals surface area contributed by atoms with E-state index < -0.39 is 11.9 Å². The number of aliphatic carboxylic acids is 1. The van der Waals surface area contributed by atoms with Crippen molar-refractivity contribution in [2.24, 2.45) is 0 Å². The van der Waals surface area contributed by atoms with E-state index in [1.54, 1.807) is 6.92 Å². The summed E-state index contributed by atoms with van der Waals surface area (Å²) in [5, 5.41) is 8.98. The summed E-state index contributed by atoms with van der Waals surface area (Å²) in [6.07, 6.45) is 6.64. The molecule has 0 amide bonds. The molecule has 0 aromatic heterocycles. The number of carbonyl (C=O) groups excluding carboxylic acids is 1. The van der Waals surface area contributed by atoms with Gasteiger partial charge in [-0.2, -0.15) is 0 Å². The van der Waals surface area contributed by atoms with E-state index in [0.717, 1.165) is 42.4 Å². The molecule has 1 aliphatic rings. The molecule has 1 aliphatic carbocycles. The molecule has 1 atom stereocenters. The lowest BCUT2D eigenvalue weighted by Crippen LogP contribution is -2.07. The third-order valence-electron chi connectivity index (χ3n) is 3.86. The SMILES string of the molecule is CC(C(=O)O)c1ccc(/C=C2\CCCCCC2=O)cc1. The number of hydrogen-bond acceptors (Lipinski definition) is 2. The maximum atomic E-state index is 11.9. The number of ketones is 1. The van der Waals surface area contributed by atoms with Crippen LogP contribution in [0.15, 0.2) is 29.8 Å². The first-order valence-electron chi connectivity index (χ1n) is 7.14. The molecular weight excluding hydrogens is 252 g/mol. The van der Waals surface area contributed by atoms with E-state index in [-0.39, 0.29) is 5.78 Å². The highest BCUT2D eigenvalue weighted by atomic mass is 16.4. The van der Waals surface area contributed by atoms with Crippen LogP contribution < -0.4 is 0 Å². The second kappa shape index (κ2) is 6.51. The predicted molar refractivity (Wildman–Crippen MR) is 78.6 cm³/mol. The van der Waals surface area contributed by atoms with Crippen molar-refractivity contribution in [1.82, 2.24) is 0 Å². The zero-order chi connectivity index (χ0) is 14.5. The molecule has 3 heteroatoms. The van der Waals surface area contributed by atoms with Gasteiger partial charge in [0.05, 0.1) is 5.92 Å². The van der Waals surface area contributed by atoms with Crippen molar-refractivity contribution >= 4 is 17.8 Å². The van der Waals surface area contributed by atoms with Gasteiger partial charge in [0.15, 0.2) is 5.78 Å². The number of carboxylic acid groups (broad SMARTS) is 1. The highest BCUT2D eigenvalue weighted by Gasteiger charge is 2.14. The van der Waals surface area contributed by atoms with Gasteiger partial charge in [0.25, 0.3) is 0 Å². The summed E-state index contributed by atoms with van der Waals surface area (Å²) < 4.78 is 0. The van der Waals surface area contributed by atoms with Crippen LogP contribution in [-0.2, 0) is 9.59 Å². The minimum atomic E-state index is -0.824. The Labute approximate surface area is 119 Å². The van der Waals surface area contributed by atoms with Gasteiger partial charge >= 0.3 is 5.97 Å². The molecule has 1 aromatic carbocycles. The van der Waals surface area contributed by atoms with Gasteiger partial charge in [-0.05, 0) is 49.0 Å². The van der Waals surface area contributed by atoms with Crippen LogP contribution in [-0.4, -0.2) is 16.9 Å². The van der Waals surface area contributed by atoms with Crippen molar-refractivity contribution in [2.75, 3.05) is 0 Å². The molecule has 1 fully saturated rings. The van der Waals surface area contributed by atoms with E-state index >= 15 is 0 Å². The van der Waals surface area contributed by atoms with Gasteiger partial charge in [0, 0.05) is 6.42 Å². The average Bonchev–Trinajstić information content (AvgIpc) is 2.64. The van der Waals surface area contributed by atoms with Gasteiger partial charge in [-0.15, -0.1) is 0 Å². The van der Waals surface area contributed by atoms with E-state index in [1.165, 1.54) is 0 Å². The van der Waals surface area contributed by atoms with Crippen LogP contribution in [0.2, 0.25) is 0 Å². The number of rotatable bonds is 3. The van der Waals surface area contributed by atoms with Gasteiger partial charge in [0.2, 0.25) is 0 Å². The van der Waals surface area contributed by atoms with Crippen LogP contribution in [0, 0.1) is 0 Å². The summed E-state index contributed by atoms with van der Waals surface area (Å²) in [6.45, 7) is 1.67. The molecule has 0 aliphatic heterocycles. The lowest BCUT2D eigenvalue weighted by Gasteiger charge is -2.07. The number of carbonyl (C=O) groups is 2. The Balaban J connectivity index is 2.17. The molecule has 1 aromatic rings. The van der Waals surface area contributed by atoms with E-state index in [1.807, 2.05) is 30.3 Å². The van der Waals surface area contributed by atoms with Crippen molar-refractivity contribution in [3.63, 3.8) is 0 Å². The third-order valence-corrected chi connectivity index (χ3v) is 3.86. The van der Waals surface area contributed by atoms with Gasteiger partial charge < -0.3 is 5.11 Å². The minimum absolute atomic E-state index is 0.255. The molecule has 1 N–H and O–H groups in total. The van der Waals surface area contributed by atoms with Gasteiger partial charge in [-0.1, -0.05) is 30.7 Å². The minimum Gasteiger partial charge on any atom is -0.481 e. The molecule has 0 saturated heterocycles. The van der Waals surface area contributed by atoms with Crippen LogP contribution >= 0.6 is 0 Å². The van der Waals surface area contributed by atoms with Crippen LogP contribution in [0.1, 0.15) is 56.1 Å². The zero-order valence-electron chi connectivity index (χ0n) is 11.8. The molecule has 0 spiro atoms. The van der Waals surface area contributed by atoms with Crippen LogP contribution in [0.4, 0.5) is 0 Å². The highest BCUT2D eigenvalue weighted by molar-refractivity contribution is 5.99. The zero-order valence-corrected chi connectivity index (χ0v) is 11.8. The van der Waals surface area contributed by atoms with E-state index in [2.05, 4.69) is 0 Å². The fourth-order valence-corrected chi connectivity index (χ4v) is 2.46. The molecule has 2 rings (SSSR count). The fourth-order valence-electron chi connectivity index (χ4n) is 2.46. The Bertz CT molecular complexity index is 526. The van der Waals surface area contributed by atoms with E-state index in [0.29, 0.717) is 6.42 Å². The number of allylic oxidation sites excluding steroid dienone is 1. The maximum Gasteiger partial charge on any atom is 0.310 e. The Morgan fingerprint density at radius 2 is 1.80 bits per heavy atom. The molecule has 0 bridgehead atoms. The second-order valence-electron chi connectivity index (χ2n) is 5.38. The summed E-state index contributed by atoms with van der Waals surface area (Å²) in [6, 6.07) is 7.43. The highest BCUT2D eigenvalue weighted by Crippen LogP contribution is 2.23. The molecule has 1 unspecified atom stereocenters. The van der Waals surface area contributed by atoms with Crippen molar-refractivity contribution in [2.45, 2.75) is 44.9 Å². The first-order chi connectivity index (χ1) is 9.58. The van der Waals surface area contributed by atoms with Crippen LogP contribution in [0.25, 0.3) is 6.08 Å². The molecular formula is C17H20O3. The third kappa shape index (κ3) is 3.56. The normalized spacial score (nSPS) is 19.6. The summed E-state index contributed by atoms with van der Waals surface area (Å²) in [7, 11) is 0. The maximum absolute atomic E-state index is 11.9. The Morgan fingerprint density at radius 3 is 2.45 bits per heavy atom. The standard InChI is InChI=1S/C17H20O3/c1-12(17(19)20)14-9-7-13(8-10-14)11-15-5-3-2-4-6-16(15)18/h7-12H,2-6H2,1H3,(H,19,20)/b15-11+. The van der Waals surface area contributed by atoms with Crippen molar-refractivity contribution in [3.05, 3.63) is 41.0 Å². The second-order valence-corrected chi connectivity index (χ2v) is 5.38. The molecule has 106 valence electrons. The molecule has 3 nitrogen and oxygen atoms in total. The number of hydrogen-bond donors (Lipinski definition) is 1. The van der Waals surface area contributed by atoms with Gasteiger partial charge in [-0.3, -0.25) is 9.59 Å². The smallest absolute Gasteiger partial charge is 0.310 e. The van der Waals surface area contributed by atoms with Gasteiger partial charge in [0.1, 0.15) is 0 Å². The number of benzene rings is 1.